The van der Waals surface area contributed by atoms with Gasteiger partial charge in [0.15, 0.2) is 11.5 Å². The number of aromatic hydroxyl groups is 2. The van der Waals surface area contributed by atoms with E-state index >= 15 is 0 Å². The third-order valence-electron chi connectivity index (χ3n) is 3.92. The Bertz CT molecular complexity index is 727. The molecule has 0 spiro atoms. The molecule has 6 heteroatoms. The second kappa shape index (κ2) is 5.89. The average Bonchev–Trinajstić information content (AvgIpc) is 2.54. The smallest absolute Gasteiger partial charge is 0.161 e. The van der Waals surface area contributed by atoms with Crippen LogP contribution in [0.4, 0.5) is 0 Å². The van der Waals surface area contributed by atoms with Crippen LogP contribution in [0, 0.1) is 0 Å². The summed E-state index contributed by atoms with van der Waals surface area (Å²) < 4.78 is 16.3. The van der Waals surface area contributed by atoms with Crippen molar-refractivity contribution in [2.75, 3.05) is 14.2 Å². The molecule has 6 nitrogen and oxygen atoms in total. The predicted octanol–water partition coefficient (Wildman–Crippen LogP) is 2.15. The second-order valence-corrected chi connectivity index (χ2v) is 5.37. The maximum absolute atomic E-state index is 10.4. The van der Waals surface area contributed by atoms with Gasteiger partial charge in [0.1, 0.15) is 23.4 Å². The van der Waals surface area contributed by atoms with Gasteiger partial charge in [0.2, 0.25) is 0 Å². The SMILES string of the molecule is COc1ccc(C2Oc3cc(O)cc(O)c3CC2O)cc1OC. The highest BCUT2D eigenvalue weighted by Crippen LogP contribution is 2.42. The molecule has 2 aromatic carbocycles. The molecule has 2 aromatic rings. The second-order valence-electron chi connectivity index (χ2n) is 5.37. The summed E-state index contributed by atoms with van der Waals surface area (Å²) in [5.41, 5.74) is 1.19. The van der Waals surface area contributed by atoms with Crippen LogP contribution in [-0.4, -0.2) is 35.6 Å². The van der Waals surface area contributed by atoms with Crippen molar-refractivity contribution >= 4 is 0 Å². The molecule has 23 heavy (non-hydrogen) atoms. The fraction of sp³-hybridized carbons (Fsp3) is 0.294. The van der Waals surface area contributed by atoms with Gasteiger partial charge in [-0.05, 0) is 17.7 Å². The highest BCUT2D eigenvalue weighted by atomic mass is 16.5. The van der Waals surface area contributed by atoms with Gasteiger partial charge in [-0.25, -0.2) is 0 Å². The van der Waals surface area contributed by atoms with Gasteiger partial charge < -0.3 is 29.5 Å². The zero-order chi connectivity index (χ0) is 16.6. The monoisotopic (exact) mass is 318 g/mol. The van der Waals surface area contributed by atoms with E-state index in [1.807, 2.05) is 0 Å². The van der Waals surface area contributed by atoms with Crippen LogP contribution >= 0.6 is 0 Å². The minimum atomic E-state index is -0.837. The number of ether oxygens (including phenoxy) is 3. The summed E-state index contributed by atoms with van der Waals surface area (Å²) in [6.45, 7) is 0. The van der Waals surface area contributed by atoms with Crippen LogP contribution in [0.5, 0.6) is 28.7 Å². The average molecular weight is 318 g/mol. The van der Waals surface area contributed by atoms with Crippen molar-refractivity contribution in [2.24, 2.45) is 0 Å². The minimum absolute atomic E-state index is 0.0928. The van der Waals surface area contributed by atoms with Crippen LogP contribution in [-0.2, 0) is 6.42 Å². The van der Waals surface area contributed by atoms with Gasteiger partial charge >= 0.3 is 0 Å². The first-order valence-corrected chi connectivity index (χ1v) is 7.15. The van der Waals surface area contributed by atoms with Crippen molar-refractivity contribution < 1.29 is 29.5 Å². The number of phenols is 2. The molecule has 1 aliphatic heterocycles. The molecule has 0 amide bonds. The lowest BCUT2D eigenvalue weighted by molar-refractivity contribution is 0.0197. The quantitative estimate of drug-likeness (QED) is 0.804. The largest absolute Gasteiger partial charge is 0.508 e. The number of methoxy groups -OCH3 is 2. The normalized spacial score (nSPS) is 19.6. The molecular weight excluding hydrogens is 300 g/mol. The molecule has 0 radical (unpaired) electrons. The highest BCUT2D eigenvalue weighted by Gasteiger charge is 2.32. The van der Waals surface area contributed by atoms with Gasteiger partial charge in [0.05, 0.1) is 20.3 Å². The molecule has 0 aromatic heterocycles. The Balaban J connectivity index is 1.98. The van der Waals surface area contributed by atoms with E-state index in [1.54, 1.807) is 25.3 Å². The van der Waals surface area contributed by atoms with Gasteiger partial charge in [-0.2, -0.15) is 0 Å². The molecule has 1 heterocycles. The van der Waals surface area contributed by atoms with Crippen molar-refractivity contribution in [3.63, 3.8) is 0 Å². The molecule has 0 saturated heterocycles. The van der Waals surface area contributed by atoms with Crippen LogP contribution in [0.1, 0.15) is 17.2 Å². The third kappa shape index (κ3) is 2.73. The molecule has 0 aliphatic carbocycles. The van der Waals surface area contributed by atoms with Crippen LogP contribution in [0.15, 0.2) is 30.3 Å². The molecule has 3 rings (SSSR count). The van der Waals surface area contributed by atoms with Crippen LogP contribution in [0.3, 0.4) is 0 Å². The first-order valence-electron chi connectivity index (χ1n) is 7.15. The maximum atomic E-state index is 10.4. The Morgan fingerprint density at radius 3 is 2.48 bits per heavy atom. The standard InChI is InChI=1S/C17H18O6/c1-21-14-4-3-9(5-16(14)22-2)17-13(20)8-11-12(19)6-10(18)7-15(11)23-17/h3-7,13,17-20H,8H2,1-2H3. The molecule has 122 valence electrons. The number of rotatable bonds is 3. The third-order valence-corrected chi connectivity index (χ3v) is 3.92. The van der Waals surface area contributed by atoms with Crippen LogP contribution < -0.4 is 14.2 Å². The van der Waals surface area contributed by atoms with E-state index in [2.05, 4.69) is 0 Å². The number of hydrogen-bond acceptors (Lipinski definition) is 6. The summed E-state index contributed by atoms with van der Waals surface area (Å²) in [6, 6.07) is 7.91. The Labute approximate surface area is 133 Å². The maximum Gasteiger partial charge on any atom is 0.161 e. The summed E-state index contributed by atoms with van der Waals surface area (Å²) in [6.07, 6.45) is -1.25. The number of aliphatic hydroxyl groups is 1. The lowest BCUT2D eigenvalue weighted by Crippen LogP contribution is -2.30. The Morgan fingerprint density at radius 2 is 1.78 bits per heavy atom. The zero-order valence-corrected chi connectivity index (χ0v) is 12.8. The summed E-state index contributed by atoms with van der Waals surface area (Å²) >= 11 is 0. The summed E-state index contributed by atoms with van der Waals surface area (Å²) in [5, 5.41) is 29.9. The van der Waals surface area contributed by atoms with Gasteiger partial charge in [-0.3, -0.25) is 0 Å². The molecule has 0 bridgehead atoms. The summed E-state index contributed by atoms with van der Waals surface area (Å²) in [7, 11) is 3.08. The summed E-state index contributed by atoms with van der Waals surface area (Å²) in [4.78, 5) is 0. The molecule has 2 unspecified atom stereocenters. The van der Waals surface area contributed by atoms with Gasteiger partial charge in [0, 0.05) is 24.1 Å². The van der Waals surface area contributed by atoms with Crippen LogP contribution in [0.2, 0.25) is 0 Å². The van der Waals surface area contributed by atoms with Gasteiger partial charge in [0.25, 0.3) is 0 Å². The van der Waals surface area contributed by atoms with Crippen LogP contribution in [0.25, 0.3) is 0 Å². The van der Waals surface area contributed by atoms with E-state index in [4.69, 9.17) is 14.2 Å². The first kappa shape index (κ1) is 15.3. The van der Waals surface area contributed by atoms with Crippen molar-refractivity contribution in [2.45, 2.75) is 18.6 Å². The van der Waals surface area contributed by atoms with E-state index in [1.165, 1.54) is 19.2 Å². The highest BCUT2D eigenvalue weighted by molar-refractivity contribution is 5.52. The molecular formula is C17H18O6. The summed E-state index contributed by atoms with van der Waals surface area (Å²) in [5.74, 6) is 1.28. The number of fused-ring (bicyclic) bond motifs is 1. The number of hydrogen-bond donors (Lipinski definition) is 3. The van der Waals surface area contributed by atoms with Gasteiger partial charge in [-0.15, -0.1) is 0 Å². The zero-order valence-electron chi connectivity index (χ0n) is 12.8. The lowest BCUT2D eigenvalue weighted by Gasteiger charge is -2.31. The van der Waals surface area contributed by atoms with Crippen molar-refractivity contribution in [1.29, 1.82) is 0 Å². The Morgan fingerprint density at radius 1 is 1.04 bits per heavy atom. The van der Waals surface area contributed by atoms with Crippen molar-refractivity contribution in [3.05, 3.63) is 41.5 Å². The first-order chi connectivity index (χ1) is 11.0. The topological polar surface area (TPSA) is 88.4 Å². The van der Waals surface area contributed by atoms with Crippen molar-refractivity contribution in [1.82, 2.24) is 0 Å². The Kier molecular flexibility index (Phi) is 3.92. The van der Waals surface area contributed by atoms with E-state index in [0.29, 0.717) is 28.4 Å². The van der Waals surface area contributed by atoms with E-state index in [9.17, 15) is 15.3 Å². The molecule has 1 aliphatic rings. The molecule has 0 fully saturated rings. The van der Waals surface area contributed by atoms with Gasteiger partial charge in [-0.1, -0.05) is 6.07 Å². The lowest BCUT2D eigenvalue weighted by atomic mass is 9.94. The van der Waals surface area contributed by atoms with Crippen molar-refractivity contribution in [3.8, 4) is 28.7 Å². The van der Waals surface area contributed by atoms with E-state index < -0.39 is 12.2 Å². The number of benzene rings is 2. The minimum Gasteiger partial charge on any atom is -0.508 e. The molecule has 0 saturated carbocycles. The van der Waals surface area contributed by atoms with E-state index in [0.717, 1.165) is 0 Å². The number of phenolic OH excluding ortho intramolecular Hbond substituents is 2. The predicted molar refractivity (Wildman–Crippen MR) is 82.4 cm³/mol. The van der Waals surface area contributed by atoms with E-state index in [-0.39, 0.29) is 17.9 Å². The number of aliphatic hydroxyl groups excluding tert-OH is 1. The fourth-order valence-electron chi connectivity index (χ4n) is 2.78. The molecule has 3 N–H and O–H groups in total. The molecule has 2 atom stereocenters. The Hall–Kier alpha value is -2.60. The fourth-order valence-corrected chi connectivity index (χ4v) is 2.78.